The van der Waals surface area contributed by atoms with E-state index in [0.29, 0.717) is 0 Å². The molecule has 1 aliphatic rings. The van der Waals surface area contributed by atoms with E-state index in [1.54, 1.807) is 0 Å². The maximum absolute atomic E-state index is 5.72. The number of hydrogen-bond acceptors (Lipinski definition) is 2. The quantitative estimate of drug-likeness (QED) is 0.615. The van der Waals surface area contributed by atoms with Gasteiger partial charge in [0.05, 0.1) is 25.4 Å². The molecule has 2 heteroatoms. The van der Waals surface area contributed by atoms with E-state index in [-0.39, 0.29) is 5.60 Å². The van der Waals surface area contributed by atoms with Crippen molar-refractivity contribution in [1.29, 1.82) is 0 Å². The lowest BCUT2D eigenvalue weighted by Gasteiger charge is -2.33. The van der Waals surface area contributed by atoms with Gasteiger partial charge < -0.3 is 9.47 Å². The van der Waals surface area contributed by atoms with Gasteiger partial charge >= 0.3 is 0 Å². The number of unbranched alkanes of at least 4 members (excludes halogenated alkanes) is 3. The third-order valence-corrected chi connectivity index (χ3v) is 2.64. The minimum Gasteiger partial charge on any atom is -0.376 e. The van der Waals surface area contributed by atoms with Crippen molar-refractivity contribution in [2.75, 3.05) is 19.8 Å². The van der Waals surface area contributed by atoms with Crippen LogP contribution < -0.4 is 0 Å². The van der Waals surface area contributed by atoms with Gasteiger partial charge in [0, 0.05) is 0 Å². The van der Waals surface area contributed by atoms with Crippen LogP contribution in [0.25, 0.3) is 0 Å². The van der Waals surface area contributed by atoms with Gasteiger partial charge in [-0.25, -0.2) is 0 Å². The molecule has 1 aliphatic heterocycles. The van der Waals surface area contributed by atoms with E-state index in [1.807, 2.05) is 0 Å². The lowest BCUT2D eigenvalue weighted by molar-refractivity contribution is -0.151. The maximum Gasteiger partial charge on any atom is 0.0888 e. The molecule has 0 aromatic heterocycles. The van der Waals surface area contributed by atoms with Gasteiger partial charge in [-0.2, -0.15) is 0 Å². The summed E-state index contributed by atoms with van der Waals surface area (Å²) in [5.41, 5.74) is 0.00594. The van der Waals surface area contributed by atoms with E-state index in [9.17, 15) is 0 Å². The second kappa shape index (κ2) is 5.61. The fourth-order valence-electron chi connectivity index (χ4n) is 1.75. The maximum atomic E-state index is 5.72. The second-order valence-electron chi connectivity index (χ2n) is 4.16. The summed E-state index contributed by atoms with van der Waals surface area (Å²) in [5, 5.41) is 0. The Morgan fingerprint density at radius 2 is 2.00 bits per heavy atom. The van der Waals surface area contributed by atoms with E-state index < -0.39 is 0 Å². The smallest absolute Gasteiger partial charge is 0.0888 e. The van der Waals surface area contributed by atoms with Crippen LogP contribution in [0, 0.1) is 0 Å². The van der Waals surface area contributed by atoms with Crippen molar-refractivity contribution in [2.45, 2.75) is 51.6 Å². The molecule has 0 saturated carbocycles. The molecule has 2 nitrogen and oxygen atoms in total. The van der Waals surface area contributed by atoms with Gasteiger partial charge in [-0.05, 0) is 13.3 Å². The number of rotatable bonds is 5. The van der Waals surface area contributed by atoms with Crippen molar-refractivity contribution in [1.82, 2.24) is 0 Å². The first-order chi connectivity index (χ1) is 6.27. The van der Waals surface area contributed by atoms with Gasteiger partial charge in [-0.1, -0.05) is 32.6 Å². The van der Waals surface area contributed by atoms with Crippen LogP contribution in [-0.2, 0) is 9.47 Å². The minimum absolute atomic E-state index is 0.00594. The molecule has 0 spiro atoms. The highest BCUT2D eigenvalue weighted by Gasteiger charge is 2.27. The average Bonchev–Trinajstić information content (AvgIpc) is 2.14. The van der Waals surface area contributed by atoms with Crippen molar-refractivity contribution in [3.63, 3.8) is 0 Å². The topological polar surface area (TPSA) is 18.5 Å². The molecule has 1 fully saturated rings. The van der Waals surface area contributed by atoms with Gasteiger partial charge in [0.15, 0.2) is 0 Å². The van der Waals surface area contributed by atoms with E-state index in [0.717, 1.165) is 26.2 Å². The molecule has 0 amide bonds. The Kier molecular flexibility index (Phi) is 4.74. The molecular formula is C11H22O2. The largest absolute Gasteiger partial charge is 0.376 e. The predicted octanol–water partition coefficient (Wildman–Crippen LogP) is 2.76. The zero-order chi connectivity index (χ0) is 9.57. The molecule has 0 bridgehead atoms. The highest BCUT2D eigenvalue weighted by Crippen LogP contribution is 2.22. The molecule has 13 heavy (non-hydrogen) atoms. The van der Waals surface area contributed by atoms with Crippen LogP contribution in [0.5, 0.6) is 0 Å². The first-order valence-electron chi connectivity index (χ1n) is 5.48. The summed E-state index contributed by atoms with van der Waals surface area (Å²) in [6, 6.07) is 0. The standard InChI is InChI=1S/C11H22O2/c1-3-4-5-6-7-11(2)10-12-8-9-13-11/h3-10H2,1-2H3. The molecule has 0 aromatic rings. The summed E-state index contributed by atoms with van der Waals surface area (Å²) in [5.74, 6) is 0. The first-order valence-corrected chi connectivity index (χ1v) is 5.48. The molecule has 0 N–H and O–H groups in total. The van der Waals surface area contributed by atoms with E-state index >= 15 is 0 Å². The number of hydrogen-bond donors (Lipinski definition) is 0. The molecule has 1 heterocycles. The van der Waals surface area contributed by atoms with Gasteiger partial charge in [0.2, 0.25) is 0 Å². The van der Waals surface area contributed by atoms with Gasteiger partial charge in [0.25, 0.3) is 0 Å². The van der Waals surface area contributed by atoms with E-state index in [2.05, 4.69) is 13.8 Å². The summed E-state index contributed by atoms with van der Waals surface area (Å²) in [6.45, 7) is 6.72. The fraction of sp³-hybridized carbons (Fsp3) is 1.00. The predicted molar refractivity (Wildman–Crippen MR) is 53.9 cm³/mol. The molecule has 1 rings (SSSR count). The van der Waals surface area contributed by atoms with Crippen LogP contribution in [0.3, 0.4) is 0 Å². The van der Waals surface area contributed by atoms with Crippen LogP contribution >= 0.6 is 0 Å². The molecule has 0 aromatic carbocycles. The van der Waals surface area contributed by atoms with Crippen molar-refractivity contribution in [3.8, 4) is 0 Å². The fourth-order valence-corrected chi connectivity index (χ4v) is 1.75. The van der Waals surface area contributed by atoms with Crippen LogP contribution in [-0.4, -0.2) is 25.4 Å². The third kappa shape index (κ3) is 4.10. The van der Waals surface area contributed by atoms with Crippen molar-refractivity contribution in [3.05, 3.63) is 0 Å². The second-order valence-corrected chi connectivity index (χ2v) is 4.16. The van der Waals surface area contributed by atoms with Crippen LogP contribution in [0.1, 0.15) is 46.0 Å². The summed E-state index contributed by atoms with van der Waals surface area (Å²) in [4.78, 5) is 0. The van der Waals surface area contributed by atoms with Gasteiger partial charge in [0.1, 0.15) is 0 Å². The lowest BCUT2D eigenvalue weighted by Crippen LogP contribution is -2.40. The van der Waals surface area contributed by atoms with Crippen molar-refractivity contribution >= 4 is 0 Å². The van der Waals surface area contributed by atoms with Crippen molar-refractivity contribution < 1.29 is 9.47 Å². The molecule has 78 valence electrons. The minimum atomic E-state index is 0.00594. The molecule has 0 aliphatic carbocycles. The van der Waals surface area contributed by atoms with Crippen molar-refractivity contribution in [2.24, 2.45) is 0 Å². The Labute approximate surface area is 81.6 Å². The van der Waals surface area contributed by atoms with E-state index in [4.69, 9.17) is 9.47 Å². The normalized spacial score (nSPS) is 29.1. The monoisotopic (exact) mass is 186 g/mol. The SMILES string of the molecule is CCCCCCC1(C)COCCO1. The Morgan fingerprint density at radius 3 is 2.62 bits per heavy atom. The van der Waals surface area contributed by atoms with Crippen LogP contribution in [0.2, 0.25) is 0 Å². The van der Waals surface area contributed by atoms with Crippen LogP contribution in [0.15, 0.2) is 0 Å². The summed E-state index contributed by atoms with van der Waals surface area (Å²) in [7, 11) is 0. The zero-order valence-electron chi connectivity index (χ0n) is 8.97. The molecule has 1 atom stereocenters. The summed E-state index contributed by atoms with van der Waals surface area (Å²) in [6.07, 6.45) is 6.39. The van der Waals surface area contributed by atoms with E-state index in [1.165, 1.54) is 25.7 Å². The highest BCUT2D eigenvalue weighted by atomic mass is 16.6. The lowest BCUT2D eigenvalue weighted by atomic mass is 9.98. The Hall–Kier alpha value is -0.0800. The third-order valence-electron chi connectivity index (χ3n) is 2.64. The summed E-state index contributed by atoms with van der Waals surface area (Å²) >= 11 is 0. The molecule has 1 saturated heterocycles. The first kappa shape index (κ1) is 11.0. The molecule has 1 unspecified atom stereocenters. The van der Waals surface area contributed by atoms with Gasteiger partial charge in [-0.15, -0.1) is 0 Å². The number of ether oxygens (including phenoxy) is 2. The average molecular weight is 186 g/mol. The Bertz CT molecular complexity index is 128. The summed E-state index contributed by atoms with van der Waals surface area (Å²) < 4.78 is 11.1. The zero-order valence-corrected chi connectivity index (χ0v) is 8.97. The van der Waals surface area contributed by atoms with Crippen LogP contribution in [0.4, 0.5) is 0 Å². The molecule has 0 radical (unpaired) electrons. The molecular weight excluding hydrogens is 164 g/mol. The Balaban J connectivity index is 2.10. The van der Waals surface area contributed by atoms with Gasteiger partial charge in [-0.3, -0.25) is 0 Å². The highest BCUT2D eigenvalue weighted by molar-refractivity contribution is 4.76. The Morgan fingerprint density at radius 1 is 1.15 bits per heavy atom.